The first-order valence-corrected chi connectivity index (χ1v) is 6.85. The highest BCUT2D eigenvalue weighted by molar-refractivity contribution is 7.99. The summed E-state index contributed by atoms with van der Waals surface area (Å²) in [7, 11) is 1.80. The Hall–Kier alpha value is -1.86. The van der Waals surface area contributed by atoms with E-state index in [2.05, 4.69) is 5.10 Å². The van der Waals surface area contributed by atoms with Gasteiger partial charge in [0.15, 0.2) is 0 Å². The molecule has 0 aliphatic rings. The summed E-state index contributed by atoms with van der Waals surface area (Å²) in [6, 6.07) is 6.64. The third-order valence-electron chi connectivity index (χ3n) is 2.84. The Morgan fingerprint density at radius 2 is 2.15 bits per heavy atom. The van der Waals surface area contributed by atoms with E-state index in [9.17, 15) is 15.2 Å². The monoisotopic (exact) mass is 293 g/mol. The molecule has 0 aliphatic carbocycles. The molecule has 2 rings (SSSR count). The van der Waals surface area contributed by atoms with Crippen LogP contribution >= 0.6 is 11.8 Å². The van der Waals surface area contributed by atoms with Gasteiger partial charge < -0.3 is 5.11 Å². The predicted octanol–water partition coefficient (Wildman–Crippen LogP) is 2.84. The van der Waals surface area contributed by atoms with Crippen LogP contribution in [-0.4, -0.2) is 19.8 Å². The van der Waals surface area contributed by atoms with Gasteiger partial charge in [0.2, 0.25) is 0 Å². The third kappa shape index (κ3) is 3.00. The number of nitro benzene ring substituents is 1. The number of hydrogen-bond acceptors (Lipinski definition) is 5. The minimum absolute atomic E-state index is 0.00717. The van der Waals surface area contributed by atoms with Gasteiger partial charge in [0.25, 0.3) is 5.69 Å². The number of rotatable bonds is 4. The molecule has 0 bridgehead atoms. The van der Waals surface area contributed by atoms with Crippen LogP contribution in [0.3, 0.4) is 0 Å². The number of aliphatic hydroxyl groups excluding tert-OH is 1. The maximum atomic E-state index is 11.2. The molecule has 1 aromatic carbocycles. The van der Waals surface area contributed by atoms with Crippen LogP contribution in [0.15, 0.2) is 34.2 Å². The molecule has 1 atom stereocenters. The fourth-order valence-electron chi connectivity index (χ4n) is 1.82. The molecule has 0 fully saturated rings. The van der Waals surface area contributed by atoms with Crippen LogP contribution in [0.1, 0.15) is 24.3 Å². The molecule has 0 aliphatic heterocycles. The lowest BCUT2D eigenvalue weighted by atomic mass is 10.1. The van der Waals surface area contributed by atoms with Crippen molar-refractivity contribution in [3.8, 4) is 0 Å². The van der Waals surface area contributed by atoms with Crippen molar-refractivity contribution >= 4 is 17.4 Å². The molecule has 7 heteroatoms. The van der Waals surface area contributed by atoms with E-state index < -0.39 is 11.0 Å². The molecular weight excluding hydrogens is 278 g/mol. The first-order chi connectivity index (χ1) is 9.38. The Balaban J connectivity index is 2.41. The Morgan fingerprint density at radius 3 is 2.65 bits per heavy atom. The van der Waals surface area contributed by atoms with Crippen molar-refractivity contribution in [1.29, 1.82) is 0 Å². The molecule has 0 spiro atoms. The predicted molar refractivity (Wildman–Crippen MR) is 75.8 cm³/mol. The van der Waals surface area contributed by atoms with Gasteiger partial charge in [0.05, 0.1) is 26.6 Å². The van der Waals surface area contributed by atoms with E-state index >= 15 is 0 Å². The number of benzene rings is 1. The highest BCUT2D eigenvalue weighted by Crippen LogP contribution is 2.36. The maximum Gasteiger partial charge on any atom is 0.283 e. The molecule has 0 radical (unpaired) electrons. The standard InChI is InChI=1S/C13H15N3O3S/c1-8-6-13(15(3)14-8)20-12-5-4-10(9(2)17)7-11(12)16(18)19/h4-7,9,17H,1-3H3. The summed E-state index contributed by atoms with van der Waals surface area (Å²) >= 11 is 1.29. The van der Waals surface area contributed by atoms with Crippen LogP contribution in [0.2, 0.25) is 0 Å². The summed E-state index contributed by atoms with van der Waals surface area (Å²) in [5.41, 5.74) is 1.38. The van der Waals surface area contributed by atoms with E-state index in [-0.39, 0.29) is 5.69 Å². The number of aromatic nitrogens is 2. The van der Waals surface area contributed by atoms with E-state index in [1.807, 2.05) is 13.0 Å². The SMILES string of the molecule is Cc1cc(Sc2ccc(C(C)O)cc2[N+](=O)[O-])n(C)n1. The zero-order valence-electron chi connectivity index (χ0n) is 11.4. The van der Waals surface area contributed by atoms with Gasteiger partial charge in [-0.1, -0.05) is 17.8 Å². The van der Waals surface area contributed by atoms with E-state index in [1.54, 1.807) is 30.8 Å². The topological polar surface area (TPSA) is 81.2 Å². The number of hydrogen-bond donors (Lipinski definition) is 1. The molecule has 20 heavy (non-hydrogen) atoms. The summed E-state index contributed by atoms with van der Waals surface area (Å²) < 4.78 is 1.69. The normalized spacial score (nSPS) is 12.4. The average Bonchev–Trinajstić information content (AvgIpc) is 2.67. The summed E-state index contributed by atoms with van der Waals surface area (Å²) in [6.07, 6.45) is -0.730. The van der Waals surface area contributed by atoms with E-state index in [4.69, 9.17) is 0 Å². The van der Waals surface area contributed by atoms with Gasteiger partial charge in [-0.05, 0) is 31.5 Å². The van der Waals surface area contributed by atoms with Crippen LogP contribution in [-0.2, 0) is 7.05 Å². The van der Waals surface area contributed by atoms with Crippen molar-refractivity contribution in [2.45, 2.75) is 29.9 Å². The van der Waals surface area contributed by atoms with Crippen LogP contribution < -0.4 is 0 Å². The Morgan fingerprint density at radius 1 is 1.45 bits per heavy atom. The van der Waals surface area contributed by atoms with Crippen molar-refractivity contribution in [2.75, 3.05) is 0 Å². The lowest BCUT2D eigenvalue weighted by Crippen LogP contribution is -1.97. The molecule has 1 N–H and O–H groups in total. The Kier molecular flexibility index (Phi) is 4.10. The lowest BCUT2D eigenvalue weighted by molar-refractivity contribution is -0.387. The third-order valence-corrected chi connectivity index (χ3v) is 3.99. The van der Waals surface area contributed by atoms with E-state index in [0.29, 0.717) is 10.5 Å². The van der Waals surface area contributed by atoms with E-state index in [0.717, 1.165) is 10.7 Å². The van der Waals surface area contributed by atoms with Crippen molar-refractivity contribution in [3.05, 3.63) is 45.6 Å². The van der Waals surface area contributed by atoms with Crippen molar-refractivity contribution < 1.29 is 10.0 Å². The fourth-order valence-corrected chi connectivity index (χ4v) is 2.82. The second-order valence-corrected chi connectivity index (χ2v) is 5.57. The van der Waals surface area contributed by atoms with Gasteiger partial charge in [-0.15, -0.1) is 0 Å². The Bertz CT molecular complexity index is 652. The van der Waals surface area contributed by atoms with Crippen LogP contribution in [0, 0.1) is 17.0 Å². The van der Waals surface area contributed by atoms with Gasteiger partial charge in [-0.25, -0.2) is 0 Å². The number of aryl methyl sites for hydroxylation is 2. The van der Waals surface area contributed by atoms with Gasteiger partial charge in [-0.3, -0.25) is 14.8 Å². The summed E-state index contributed by atoms with van der Waals surface area (Å²) in [4.78, 5) is 11.3. The van der Waals surface area contributed by atoms with Crippen molar-refractivity contribution in [1.82, 2.24) is 9.78 Å². The van der Waals surface area contributed by atoms with Crippen LogP contribution in [0.25, 0.3) is 0 Å². The summed E-state index contributed by atoms with van der Waals surface area (Å²) in [6.45, 7) is 3.45. The van der Waals surface area contributed by atoms with Gasteiger partial charge in [0.1, 0.15) is 0 Å². The second kappa shape index (κ2) is 5.64. The molecule has 0 saturated heterocycles. The number of nitro groups is 1. The summed E-state index contributed by atoms with van der Waals surface area (Å²) in [5, 5.41) is 25.7. The van der Waals surface area contributed by atoms with Crippen LogP contribution in [0.5, 0.6) is 0 Å². The second-order valence-electron chi connectivity index (χ2n) is 4.51. The quantitative estimate of drug-likeness (QED) is 0.692. The van der Waals surface area contributed by atoms with E-state index in [1.165, 1.54) is 17.8 Å². The first kappa shape index (κ1) is 14.5. The lowest BCUT2D eigenvalue weighted by Gasteiger charge is -2.07. The minimum atomic E-state index is -0.730. The molecule has 106 valence electrons. The zero-order chi connectivity index (χ0) is 14.9. The molecule has 6 nitrogen and oxygen atoms in total. The van der Waals surface area contributed by atoms with Gasteiger partial charge in [0, 0.05) is 13.1 Å². The van der Waals surface area contributed by atoms with Gasteiger partial charge in [-0.2, -0.15) is 5.10 Å². The number of nitrogens with zero attached hydrogens (tertiary/aromatic N) is 3. The molecule has 0 saturated carbocycles. The van der Waals surface area contributed by atoms with Crippen molar-refractivity contribution in [3.63, 3.8) is 0 Å². The fraction of sp³-hybridized carbons (Fsp3) is 0.308. The largest absolute Gasteiger partial charge is 0.389 e. The molecule has 2 aromatic rings. The first-order valence-electron chi connectivity index (χ1n) is 6.03. The zero-order valence-corrected chi connectivity index (χ0v) is 12.2. The molecule has 1 aromatic heterocycles. The minimum Gasteiger partial charge on any atom is -0.389 e. The van der Waals surface area contributed by atoms with Crippen LogP contribution in [0.4, 0.5) is 5.69 Å². The smallest absolute Gasteiger partial charge is 0.283 e. The molecule has 1 unspecified atom stereocenters. The number of aliphatic hydroxyl groups is 1. The molecular formula is C13H15N3O3S. The molecule has 0 amide bonds. The Labute approximate surface area is 120 Å². The maximum absolute atomic E-state index is 11.2. The van der Waals surface area contributed by atoms with Crippen molar-refractivity contribution in [2.24, 2.45) is 7.05 Å². The molecule has 1 heterocycles. The van der Waals surface area contributed by atoms with Gasteiger partial charge >= 0.3 is 0 Å². The average molecular weight is 293 g/mol. The summed E-state index contributed by atoms with van der Waals surface area (Å²) in [5.74, 6) is 0. The highest BCUT2D eigenvalue weighted by atomic mass is 32.2. The highest BCUT2D eigenvalue weighted by Gasteiger charge is 2.18.